The molecule has 0 unspecified atom stereocenters. The minimum Gasteiger partial charge on any atom is -0.488 e. The molecule has 32 heavy (non-hydrogen) atoms. The number of carbonyl (C=O) groups is 1. The Morgan fingerprint density at radius 2 is 1.97 bits per heavy atom. The van der Waals surface area contributed by atoms with Crippen LogP contribution in [0.15, 0.2) is 59.3 Å². The van der Waals surface area contributed by atoms with Gasteiger partial charge in [0.25, 0.3) is 11.8 Å². The third-order valence-corrected chi connectivity index (χ3v) is 5.22. The molecule has 2 heterocycles. The van der Waals surface area contributed by atoms with E-state index in [1.807, 2.05) is 44.3 Å². The van der Waals surface area contributed by atoms with Crippen molar-refractivity contribution in [3.8, 4) is 17.2 Å². The number of halogens is 1. The summed E-state index contributed by atoms with van der Waals surface area (Å²) in [5.74, 6) is 0.892. The molecule has 0 saturated heterocycles. The quantitative estimate of drug-likeness (QED) is 0.426. The number of para-hydroxylation sites is 1. The van der Waals surface area contributed by atoms with Gasteiger partial charge >= 0.3 is 0 Å². The van der Waals surface area contributed by atoms with Crippen molar-refractivity contribution in [2.45, 2.75) is 33.5 Å². The van der Waals surface area contributed by atoms with E-state index in [2.05, 4.69) is 20.6 Å². The van der Waals surface area contributed by atoms with Crippen LogP contribution < -0.4 is 10.1 Å². The molecule has 0 radical (unpaired) electrons. The van der Waals surface area contributed by atoms with Crippen molar-refractivity contribution in [3.63, 3.8) is 0 Å². The Balaban J connectivity index is 1.41. The molecule has 9 heteroatoms. The van der Waals surface area contributed by atoms with E-state index in [9.17, 15) is 4.79 Å². The fraction of sp³-hybridized carbons (Fsp3) is 0.217. The summed E-state index contributed by atoms with van der Waals surface area (Å²) in [6.45, 7) is 4.99. The average Bonchev–Trinajstić information content (AvgIpc) is 3.43. The zero-order valence-electron chi connectivity index (χ0n) is 17.7. The summed E-state index contributed by atoms with van der Waals surface area (Å²) >= 11 is 6.19. The van der Waals surface area contributed by atoms with Gasteiger partial charge in [-0.1, -0.05) is 47.1 Å². The lowest BCUT2D eigenvalue weighted by Gasteiger charge is -2.12. The molecule has 0 atom stereocenters. The van der Waals surface area contributed by atoms with E-state index in [0.29, 0.717) is 28.1 Å². The average molecular weight is 452 g/mol. The molecule has 4 aromatic rings. The van der Waals surface area contributed by atoms with Crippen LogP contribution >= 0.6 is 11.6 Å². The van der Waals surface area contributed by atoms with Gasteiger partial charge in [0.2, 0.25) is 0 Å². The van der Waals surface area contributed by atoms with Crippen molar-refractivity contribution in [2.75, 3.05) is 0 Å². The number of ether oxygens (including phenoxy) is 1. The smallest absolute Gasteiger partial charge is 0.261 e. The van der Waals surface area contributed by atoms with Crippen LogP contribution in [-0.4, -0.2) is 25.8 Å². The van der Waals surface area contributed by atoms with Crippen molar-refractivity contribution in [2.24, 2.45) is 0 Å². The summed E-state index contributed by atoms with van der Waals surface area (Å²) < 4.78 is 13.0. The molecule has 0 saturated carbocycles. The largest absolute Gasteiger partial charge is 0.488 e. The number of amides is 1. The lowest BCUT2D eigenvalue weighted by molar-refractivity contribution is 0.0945. The molecular formula is C23H22ClN5O3. The number of rotatable bonds is 8. The number of aryl methyl sites for hydroxylation is 2. The predicted octanol–water partition coefficient (Wildman–Crippen LogP) is 4.42. The molecule has 0 aliphatic carbocycles. The first-order valence-corrected chi connectivity index (χ1v) is 10.5. The van der Waals surface area contributed by atoms with Crippen molar-refractivity contribution in [1.29, 1.82) is 0 Å². The molecule has 0 aliphatic heterocycles. The summed E-state index contributed by atoms with van der Waals surface area (Å²) in [5.41, 5.74) is 2.82. The second-order valence-electron chi connectivity index (χ2n) is 7.06. The molecule has 2 aromatic carbocycles. The third-order valence-electron chi connectivity index (χ3n) is 4.85. The van der Waals surface area contributed by atoms with E-state index >= 15 is 0 Å². The minimum absolute atomic E-state index is 0.113. The van der Waals surface area contributed by atoms with Crippen LogP contribution in [0.4, 0.5) is 0 Å². The molecule has 1 amide bonds. The molecule has 0 fully saturated rings. The maximum atomic E-state index is 12.8. The van der Waals surface area contributed by atoms with Gasteiger partial charge in [-0.3, -0.25) is 9.48 Å². The standard InChI is InChI=1S/C23H22ClN5O3/c1-3-29-13-18(15(2)27-29)23-26-21(28-32-23)12-25-22(30)17-9-5-7-11-20(17)31-14-16-8-4-6-10-19(16)24/h4-11,13H,3,12,14H2,1-2H3,(H,25,30). The predicted molar refractivity (Wildman–Crippen MR) is 119 cm³/mol. The number of nitrogens with zero attached hydrogens (tertiary/aromatic N) is 4. The molecule has 0 aliphatic rings. The third kappa shape index (κ3) is 4.81. The molecule has 0 bridgehead atoms. The molecule has 0 spiro atoms. The van der Waals surface area contributed by atoms with Crippen molar-refractivity contribution in [1.82, 2.24) is 25.2 Å². The van der Waals surface area contributed by atoms with Crippen LogP contribution in [0.1, 0.15) is 34.4 Å². The Bertz CT molecular complexity index is 1230. The SMILES string of the molecule is CCn1cc(-c2nc(CNC(=O)c3ccccc3OCc3ccccc3Cl)no2)c(C)n1. The van der Waals surface area contributed by atoms with Gasteiger partial charge in [0.1, 0.15) is 12.4 Å². The first-order valence-electron chi connectivity index (χ1n) is 10.2. The van der Waals surface area contributed by atoms with Crippen molar-refractivity contribution < 1.29 is 14.1 Å². The van der Waals surface area contributed by atoms with E-state index in [1.165, 1.54) is 0 Å². The molecule has 4 rings (SSSR count). The van der Waals surface area contributed by atoms with Crippen LogP contribution in [0.3, 0.4) is 0 Å². The van der Waals surface area contributed by atoms with Gasteiger partial charge in [-0.05, 0) is 32.0 Å². The van der Waals surface area contributed by atoms with Gasteiger partial charge in [0.05, 0.1) is 23.4 Å². The Hall–Kier alpha value is -3.65. The first kappa shape index (κ1) is 21.6. The van der Waals surface area contributed by atoms with Gasteiger partial charge in [-0.2, -0.15) is 10.1 Å². The Morgan fingerprint density at radius 1 is 1.19 bits per heavy atom. The topological polar surface area (TPSA) is 95.1 Å². The van der Waals surface area contributed by atoms with Crippen LogP contribution in [-0.2, 0) is 19.7 Å². The highest BCUT2D eigenvalue weighted by atomic mass is 35.5. The second-order valence-corrected chi connectivity index (χ2v) is 7.47. The van der Waals surface area contributed by atoms with Crippen LogP contribution in [0.5, 0.6) is 5.75 Å². The number of benzene rings is 2. The summed E-state index contributed by atoms with van der Waals surface area (Å²) in [6, 6.07) is 14.4. The second kappa shape index (κ2) is 9.65. The zero-order valence-corrected chi connectivity index (χ0v) is 18.5. The van der Waals surface area contributed by atoms with Crippen LogP contribution in [0.2, 0.25) is 5.02 Å². The number of aromatic nitrogens is 4. The monoisotopic (exact) mass is 451 g/mol. The van der Waals surface area contributed by atoms with E-state index < -0.39 is 0 Å². The fourth-order valence-corrected chi connectivity index (χ4v) is 3.32. The summed E-state index contributed by atoms with van der Waals surface area (Å²) in [6.07, 6.45) is 1.86. The Morgan fingerprint density at radius 3 is 2.75 bits per heavy atom. The number of carbonyl (C=O) groups excluding carboxylic acids is 1. The fourth-order valence-electron chi connectivity index (χ4n) is 3.13. The number of hydrogen-bond donors (Lipinski definition) is 1. The maximum absolute atomic E-state index is 12.8. The lowest BCUT2D eigenvalue weighted by Crippen LogP contribution is -2.24. The van der Waals surface area contributed by atoms with Crippen molar-refractivity contribution in [3.05, 3.63) is 82.4 Å². The molecule has 2 aromatic heterocycles. The molecule has 1 N–H and O–H groups in total. The van der Waals surface area contributed by atoms with E-state index in [0.717, 1.165) is 23.4 Å². The van der Waals surface area contributed by atoms with Gasteiger partial charge in [-0.25, -0.2) is 0 Å². The highest BCUT2D eigenvalue weighted by molar-refractivity contribution is 6.31. The Labute approximate surface area is 190 Å². The van der Waals surface area contributed by atoms with Crippen molar-refractivity contribution >= 4 is 17.5 Å². The summed E-state index contributed by atoms with van der Waals surface area (Å²) in [5, 5.41) is 11.8. The number of nitrogens with one attached hydrogen (secondary N) is 1. The first-order chi connectivity index (χ1) is 15.5. The Kier molecular flexibility index (Phi) is 6.51. The molecular weight excluding hydrogens is 430 g/mol. The van der Waals surface area contributed by atoms with Crippen LogP contribution in [0, 0.1) is 6.92 Å². The highest BCUT2D eigenvalue weighted by Gasteiger charge is 2.17. The van der Waals surface area contributed by atoms with Crippen LogP contribution in [0.25, 0.3) is 11.5 Å². The summed E-state index contributed by atoms with van der Waals surface area (Å²) in [4.78, 5) is 17.1. The summed E-state index contributed by atoms with van der Waals surface area (Å²) in [7, 11) is 0. The number of hydrogen-bond acceptors (Lipinski definition) is 6. The van der Waals surface area contributed by atoms with E-state index in [4.69, 9.17) is 20.9 Å². The minimum atomic E-state index is -0.305. The molecule has 164 valence electrons. The normalized spacial score (nSPS) is 10.8. The maximum Gasteiger partial charge on any atom is 0.261 e. The van der Waals surface area contributed by atoms with Gasteiger partial charge in [0, 0.05) is 23.3 Å². The van der Waals surface area contributed by atoms with Gasteiger partial charge in [-0.15, -0.1) is 0 Å². The zero-order chi connectivity index (χ0) is 22.5. The van der Waals surface area contributed by atoms with Gasteiger partial charge in [0.15, 0.2) is 5.82 Å². The van der Waals surface area contributed by atoms with E-state index in [1.54, 1.807) is 28.9 Å². The highest BCUT2D eigenvalue weighted by Crippen LogP contribution is 2.23. The van der Waals surface area contributed by atoms with E-state index in [-0.39, 0.29) is 19.1 Å². The molecule has 8 nitrogen and oxygen atoms in total. The lowest BCUT2D eigenvalue weighted by atomic mass is 10.2. The van der Waals surface area contributed by atoms with Gasteiger partial charge < -0.3 is 14.6 Å².